The molecule has 2 aromatic rings. The number of halogens is 2. The monoisotopic (exact) mass is 352 g/mol. The third-order valence-corrected chi connectivity index (χ3v) is 5.56. The van der Waals surface area contributed by atoms with Crippen molar-refractivity contribution in [3.05, 3.63) is 59.2 Å². The van der Waals surface area contributed by atoms with Gasteiger partial charge in [0.1, 0.15) is 0 Å². The average Bonchev–Trinajstić information content (AvgIpc) is 2.66. The number of hydrogen-bond acceptors (Lipinski definition) is 0. The van der Waals surface area contributed by atoms with Gasteiger partial charge in [0.15, 0.2) is 11.6 Å². The Balaban J connectivity index is 1.81. The summed E-state index contributed by atoms with van der Waals surface area (Å²) in [5, 5.41) is 0. The summed E-state index contributed by atoms with van der Waals surface area (Å²) in [6, 6.07) is 10.8. The van der Waals surface area contributed by atoms with Crippen LogP contribution in [-0.2, 0) is 0 Å². The fraction of sp³-hybridized carbons (Fsp3) is 0.417. The van der Waals surface area contributed by atoms with Gasteiger partial charge >= 0.3 is 0 Å². The maximum absolute atomic E-state index is 14.8. The SMILES string of the molecule is CC#Cc1ccc(-c2ccc([C@H]3CC[C@H](CCC)CC3)c(F)c2F)cc1. The van der Waals surface area contributed by atoms with Gasteiger partial charge in [-0.2, -0.15) is 0 Å². The van der Waals surface area contributed by atoms with Crippen LogP contribution in [0.15, 0.2) is 36.4 Å². The third-order valence-electron chi connectivity index (χ3n) is 5.56. The molecule has 1 aliphatic carbocycles. The van der Waals surface area contributed by atoms with Crippen molar-refractivity contribution < 1.29 is 8.78 Å². The van der Waals surface area contributed by atoms with Crippen molar-refractivity contribution in [1.82, 2.24) is 0 Å². The lowest BCUT2D eigenvalue weighted by Crippen LogP contribution is -2.14. The zero-order valence-corrected chi connectivity index (χ0v) is 15.6. The Morgan fingerprint density at radius 2 is 1.62 bits per heavy atom. The lowest BCUT2D eigenvalue weighted by molar-refractivity contribution is 0.303. The molecule has 1 aliphatic rings. The molecular formula is C24H26F2. The topological polar surface area (TPSA) is 0 Å². The maximum Gasteiger partial charge on any atom is 0.166 e. The van der Waals surface area contributed by atoms with Crippen LogP contribution in [0.25, 0.3) is 11.1 Å². The van der Waals surface area contributed by atoms with Crippen LogP contribution in [0.2, 0.25) is 0 Å². The van der Waals surface area contributed by atoms with E-state index < -0.39 is 11.6 Å². The first-order valence-corrected chi connectivity index (χ1v) is 9.65. The minimum atomic E-state index is -0.729. The fourth-order valence-electron chi connectivity index (χ4n) is 4.15. The molecule has 0 nitrogen and oxygen atoms in total. The normalized spacial score (nSPS) is 19.7. The second-order valence-electron chi connectivity index (χ2n) is 7.29. The van der Waals surface area contributed by atoms with Crippen molar-refractivity contribution in [1.29, 1.82) is 0 Å². The Labute approximate surface area is 155 Å². The highest BCUT2D eigenvalue weighted by molar-refractivity contribution is 5.65. The molecule has 0 radical (unpaired) electrons. The molecule has 0 bridgehead atoms. The van der Waals surface area contributed by atoms with Crippen LogP contribution in [0, 0.1) is 29.4 Å². The first-order chi connectivity index (χ1) is 12.6. The standard InChI is InChI=1S/C24H26F2/c1-3-5-17-7-11-19(12-8-17)21-15-16-22(24(26)23(21)25)20-13-9-18(6-4-2)10-14-20/h9-10,13-17,19H,3,5,7-8,11-12H2,1-2H3/t17-,19-. The van der Waals surface area contributed by atoms with Crippen LogP contribution in [-0.4, -0.2) is 0 Å². The molecule has 2 aromatic carbocycles. The molecule has 0 saturated heterocycles. The van der Waals surface area contributed by atoms with Crippen LogP contribution in [0.3, 0.4) is 0 Å². The zero-order chi connectivity index (χ0) is 18.5. The predicted octanol–water partition coefficient (Wildman–Crippen LogP) is 7.08. The smallest absolute Gasteiger partial charge is 0.166 e. The molecule has 136 valence electrons. The fourth-order valence-corrected chi connectivity index (χ4v) is 4.15. The summed E-state index contributed by atoms with van der Waals surface area (Å²) in [5.41, 5.74) is 2.43. The lowest BCUT2D eigenvalue weighted by atomic mass is 9.77. The molecule has 0 spiro atoms. The maximum atomic E-state index is 14.8. The molecular weight excluding hydrogens is 326 g/mol. The van der Waals surface area contributed by atoms with Crippen molar-refractivity contribution in [3.8, 4) is 23.0 Å². The molecule has 1 fully saturated rings. The largest absolute Gasteiger partial charge is 0.203 e. The molecule has 0 aromatic heterocycles. The zero-order valence-electron chi connectivity index (χ0n) is 15.6. The van der Waals surface area contributed by atoms with E-state index >= 15 is 0 Å². The highest BCUT2D eigenvalue weighted by Crippen LogP contribution is 2.40. The van der Waals surface area contributed by atoms with Gasteiger partial charge in [-0.1, -0.05) is 50.0 Å². The molecule has 0 N–H and O–H groups in total. The lowest BCUT2D eigenvalue weighted by Gasteiger charge is -2.29. The summed E-state index contributed by atoms with van der Waals surface area (Å²) in [5.74, 6) is 5.30. The van der Waals surface area contributed by atoms with Crippen LogP contribution in [0.5, 0.6) is 0 Å². The Bertz CT molecular complexity index is 801. The Morgan fingerprint density at radius 3 is 2.23 bits per heavy atom. The Morgan fingerprint density at radius 1 is 0.923 bits per heavy atom. The van der Waals surface area contributed by atoms with E-state index in [1.165, 1.54) is 12.8 Å². The van der Waals surface area contributed by atoms with Gasteiger partial charge in [-0.05, 0) is 67.7 Å². The van der Waals surface area contributed by atoms with E-state index in [0.717, 1.165) is 37.2 Å². The van der Waals surface area contributed by atoms with E-state index in [2.05, 4.69) is 18.8 Å². The Hall–Kier alpha value is -2.14. The van der Waals surface area contributed by atoms with E-state index in [4.69, 9.17) is 0 Å². The van der Waals surface area contributed by atoms with Gasteiger partial charge in [0.25, 0.3) is 0 Å². The average molecular weight is 352 g/mol. The molecule has 0 aliphatic heterocycles. The number of hydrogen-bond donors (Lipinski definition) is 0. The van der Waals surface area contributed by atoms with Crippen LogP contribution < -0.4 is 0 Å². The van der Waals surface area contributed by atoms with E-state index in [1.54, 1.807) is 31.2 Å². The first kappa shape index (κ1) is 18.6. The van der Waals surface area contributed by atoms with Gasteiger partial charge < -0.3 is 0 Å². The van der Waals surface area contributed by atoms with Crippen LogP contribution >= 0.6 is 0 Å². The molecule has 0 amide bonds. The van der Waals surface area contributed by atoms with Gasteiger partial charge in [-0.25, -0.2) is 8.78 Å². The summed E-state index contributed by atoms with van der Waals surface area (Å²) < 4.78 is 29.5. The minimum Gasteiger partial charge on any atom is -0.203 e. The minimum absolute atomic E-state index is 0.147. The van der Waals surface area contributed by atoms with E-state index in [0.29, 0.717) is 16.7 Å². The summed E-state index contributed by atoms with van der Waals surface area (Å²) in [7, 11) is 0. The van der Waals surface area contributed by atoms with Gasteiger partial charge in [0.2, 0.25) is 0 Å². The second kappa shape index (κ2) is 8.49. The quantitative estimate of drug-likeness (QED) is 0.516. The molecule has 0 unspecified atom stereocenters. The number of benzene rings is 2. The van der Waals surface area contributed by atoms with Crippen LogP contribution in [0.1, 0.15) is 69.4 Å². The second-order valence-corrected chi connectivity index (χ2v) is 7.29. The van der Waals surface area contributed by atoms with Crippen molar-refractivity contribution >= 4 is 0 Å². The van der Waals surface area contributed by atoms with Gasteiger partial charge in [0, 0.05) is 11.1 Å². The Kier molecular flexibility index (Phi) is 6.09. The van der Waals surface area contributed by atoms with Crippen LogP contribution in [0.4, 0.5) is 8.78 Å². The summed E-state index contributed by atoms with van der Waals surface area (Å²) in [4.78, 5) is 0. The van der Waals surface area contributed by atoms with Crippen molar-refractivity contribution in [3.63, 3.8) is 0 Å². The van der Waals surface area contributed by atoms with Gasteiger partial charge in [-0.15, -0.1) is 5.92 Å². The number of rotatable bonds is 4. The summed E-state index contributed by atoms with van der Waals surface area (Å²) >= 11 is 0. The van der Waals surface area contributed by atoms with E-state index in [1.807, 2.05) is 12.1 Å². The molecule has 0 atom stereocenters. The molecule has 26 heavy (non-hydrogen) atoms. The first-order valence-electron chi connectivity index (χ1n) is 9.65. The highest BCUT2D eigenvalue weighted by Gasteiger charge is 2.26. The van der Waals surface area contributed by atoms with Crippen molar-refractivity contribution in [2.75, 3.05) is 0 Å². The van der Waals surface area contributed by atoms with Crippen molar-refractivity contribution in [2.45, 2.75) is 58.3 Å². The molecule has 3 rings (SSSR count). The summed E-state index contributed by atoms with van der Waals surface area (Å²) in [6.07, 6.45) is 6.63. The van der Waals surface area contributed by atoms with Gasteiger partial charge in [-0.3, -0.25) is 0 Å². The van der Waals surface area contributed by atoms with E-state index in [9.17, 15) is 8.78 Å². The summed E-state index contributed by atoms with van der Waals surface area (Å²) in [6.45, 7) is 3.98. The molecule has 0 heterocycles. The van der Waals surface area contributed by atoms with Gasteiger partial charge in [0.05, 0.1) is 0 Å². The molecule has 2 heteroatoms. The molecule has 1 saturated carbocycles. The van der Waals surface area contributed by atoms with Crippen molar-refractivity contribution in [2.24, 2.45) is 5.92 Å². The highest BCUT2D eigenvalue weighted by atomic mass is 19.2. The third kappa shape index (κ3) is 3.98. The van der Waals surface area contributed by atoms with E-state index in [-0.39, 0.29) is 5.92 Å². The predicted molar refractivity (Wildman–Crippen MR) is 104 cm³/mol.